The highest BCUT2D eigenvalue weighted by atomic mass is 16.5. The highest BCUT2D eigenvalue weighted by Crippen LogP contribution is 2.07. The smallest absolute Gasteiger partial charge is 0.271 e. The SMILES string of the molecule is Cn1nc(C(=O)NCCN2CCOCC2)cc1C#Cc1ccncc1N. The first kappa shape index (κ1) is 17.9. The zero-order valence-corrected chi connectivity index (χ0v) is 14.7. The summed E-state index contributed by atoms with van der Waals surface area (Å²) in [6.45, 7) is 4.67. The number of nitrogens with two attached hydrogens (primary N) is 1. The first-order chi connectivity index (χ1) is 12.6. The van der Waals surface area contributed by atoms with E-state index >= 15 is 0 Å². The van der Waals surface area contributed by atoms with Gasteiger partial charge in [0.25, 0.3) is 5.91 Å². The molecule has 0 atom stereocenters. The van der Waals surface area contributed by atoms with Gasteiger partial charge in [-0.2, -0.15) is 5.10 Å². The third-order valence-electron chi connectivity index (χ3n) is 4.11. The lowest BCUT2D eigenvalue weighted by Gasteiger charge is -2.26. The van der Waals surface area contributed by atoms with Crippen molar-refractivity contribution in [1.29, 1.82) is 0 Å². The molecule has 3 rings (SSSR count). The lowest BCUT2D eigenvalue weighted by atomic mass is 10.2. The fraction of sp³-hybridized carbons (Fsp3) is 0.389. The van der Waals surface area contributed by atoms with Crippen molar-refractivity contribution in [3.63, 3.8) is 0 Å². The van der Waals surface area contributed by atoms with Crippen LogP contribution in [0.15, 0.2) is 24.5 Å². The third kappa shape index (κ3) is 4.59. The largest absolute Gasteiger partial charge is 0.396 e. The number of hydrogen-bond donors (Lipinski definition) is 2. The fourth-order valence-electron chi connectivity index (χ4n) is 2.59. The number of carbonyl (C=O) groups is 1. The van der Waals surface area contributed by atoms with Gasteiger partial charge in [0.1, 0.15) is 5.69 Å². The first-order valence-electron chi connectivity index (χ1n) is 8.47. The minimum absolute atomic E-state index is 0.203. The van der Waals surface area contributed by atoms with Crippen molar-refractivity contribution in [3.8, 4) is 11.8 Å². The van der Waals surface area contributed by atoms with Crippen LogP contribution >= 0.6 is 0 Å². The number of morpholine rings is 1. The number of anilines is 1. The van der Waals surface area contributed by atoms with Crippen molar-refractivity contribution >= 4 is 11.6 Å². The van der Waals surface area contributed by atoms with E-state index in [1.165, 1.54) is 0 Å². The van der Waals surface area contributed by atoms with Crippen molar-refractivity contribution in [2.45, 2.75) is 0 Å². The van der Waals surface area contributed by atoms with Gasteiger partial charge in [-0.25, -0.2) is 0 Å². The van der Waals surface area contributed by atoms with Crippen LogP contribution in [0.1, 0.15) is 21.7 Å². The van der Waals surface area contributed by atoms with E-state index in [4.69, 9.17) is 10.5 Å². The van der Waals surface area contributed by atoms with Gasteiger partial charge in [0, 0.05) is 45.5 Å². The maximum Gasteiger partial charge on any atom is 0.271 e. The van der Waals surface area contributed by atoms with Crippen molar-refractivity contribution in [3.05, 3.63) is 41.5 Å². The van der Waals surface area contributed by atoms with E-state index in [0.717, 1.165) is 32.8 Å². The molecule has 1 saturated heterocycles. The van der Waals surface area contributed by atoms with E-state index < -0.39 is 0 Å². The van der Waals surface area contributed by atoms with Crippen LogP contribution < -0.4 is 11.1 Å². The minimum Gasteiger partial charge on any atom is -0.396 e. The second-order valence-corrected chi connectivity index (χ2v) is 5.96. The molecule has 3 N–H and O–H groups in total. The summed E-state index contributed by atoms with van der Waals surface area (Å²) in [5.41, 5.74) is 8.03. The lowest BCUT2D eigenvalue weighted by molar-refractivity contribution is 0.0383. The van der Waals surface area contributed by atoms with Crippen LogP contribution in [0.2, 0.25) is 0 Å². The van der Waals surface area contributed by atoms with Gasteiger partial charge in [-0.05, 0) is 12.0 Å². The standard InChI is InChI=1S/C18H22N6O2/c1-23-15(3-2-14-4-5-20-13-16(14)19)12-17(22-23)18(25)21-6-7-24-8-10-26-11-9-24/h4-5,12-13H,6-11,19H2,1H3,(H,21,25). The summed E-state index contributed by atoms with van der Waals surface area (Å²) in [5, 5.41) is 7.13. The molecule has 1 aliphatic rings. The molecule has 0 unspecified atom stereocenters. The van der Waals surface area contributed by atoms with Crippen LogP contribution in [0.3, 0.4) is 0 Å². The lowest BCUT2D eigenvalue weighted by Crippen LogP contribution is -2.41. The first-order valence-corrected chi connectivity index (χ1v) is 8.47. The molecule has 1 fully saturated rings. The number of amides is 1. The summed E-state index contributed by atoms with van der Waals surface area (Å²) < 4.78 is 6.89. The Morgan fingerprint density at radius 1 is 1.38 bits per heavy atom. The summed E-state index contributed by atoms with van der Waals surface area (Å²) in [7, 11) is 1.75. The molecule has 8 nitrogen and oxygen atoms in total. The highest BCUT2D eigenvalue weighted by molar-refractivity contribution is 5.92. The van der Waals surface area contributed by atoms with E-state index in [0.29, 0.717) is 29.2 Å². The van der Waals surface area contributed by atoms with Gasteiger partial charge in [0.15, 0.2) is 5.69 Å². The Labute approximate surface area is 152 Å². The molecule has 136 valence electrons. The van der Waals surface area contributed by atoms with Gasteiger partial charge in [-0.3, -0.25) is 19.4 Å². The summed E-state index contributed by atoms with van der Waals surface area (Å²) in [6.07, 6.45) is 3.19. The van der Waals surface area contributed by atoms with Crippen LogP contribution in [0, 0.1) is 11.8 Å². The number of aryl methyl sites for hydroxylation is 1. The molecule has 2 aromatic rings. The Hall–Kier alpha value is -2.89. The molecular weight excluding hydrogens is 332 g/mol. The molecule has 2 aromatic heterocycles. The maximum absolute atomic E-state index is 12.3. The predicted molar refractivity (Wildman–Crippen MR) is 97.4 cm³/mol. The quantitative estimate of drug-likeness (QED) is 0.742. The number of pyridine rings is 1. The molecule has 8 heteroatoms. The molecule has 0 spiro atoms. The number of ether oxygens (including phenoxy) is 1. The van der Waals surface area contributed by atoms with Gasteiger partial charge in [0.05, 0.1) is 30.7 Å². The van der Waals surface area contributed by atoms with E-state index in [1.807, 2.05) is 0 Å². The van der Waals surface area contributed by atoms with Crippen LogP contribution in [0.4, 0.5) is 5.69 Å². The van der Waals surface area contributed by atoms with Crippen LogP contribution in [0.5, 0.6) is 0 Å². The molecule has 0 radical (unpaired) electrons. The zero-order valence-electron chi connectivity index (χ0n) is 14.7. The molecule has 1 aliphatic heterocycles. The van der Waals surface area contributed by atoms with Gasteiger partial charge < -0.3 is 15.8 Å². The van der Waals surface area contributed by atoms with Crippen LogP contribution in [0.25, 0.3) is 0 Å². The van der Waals surface area contributed by atoms with Crippen LogP contribution in [-0.4, -0.2) is 65.0 Å². The molecular formula is C18H22N6O2. The Balaban J connectivity index is 1.59. The summed E-state index contributed by atoms with van der Waals surface area (Å²) in [4.78, 5) is 18.5. The Morgan fingerprint density at radius 3 is 2.96 bits per heavy atom. The topological polar surface area (TPSA) is 98.3 Å². The van der Waals surface area contributed by atoms with Gasteiger partial charge >= 0.3 is 0 Å². The number of nitrogen functional groups attached to an aromatic ring is 1. The average molecular weight is 354 g/mol. The fourth-order valence-corrected chi connectivity index (χ4v) is 2.59. The second kappa shape index (κ2) is 8.47. The van der Waals surface area contributed by atoms with Crippen LogP contribution in [-0.2, 0) is 11.8 Å². The normalized spacial score (nSPS) is 14.5. The number of nitrogens with zero attached hydrogens (tertiary/aromatic N) is 4. The zero-order chi connectivity index (χ0) is 18.4. The molecule has 0 aromatic carbocycles. The van der Waals surface area contributed by atoms with E-state index in [-0.39, 0.29) is 5.91 Å². The monoisotopic (exact) mass is 354 g/mol. The average Bonchev–Trinajstić information content (AvgIpc) is 3.03. The molecule has 26 heavy (non-hydrogen) atoms. The van der Waals surface area contributed by atoms with Gasteiger partial charge in [0.2, 0.25) is 0 Å². The number of aromatic nitrogens is 3. The maximum atomic E-state index is 12.3. The van der Waals surface area contributed by atoms with E-state index in [2.05, 4.69) is 32.1 Å². The third-order valence-corrected chi connectivity index (χ3v) is 4.11. The Morgan fingerprint density at radius 2 is 2.19 bits per heavy atom. The minimum atomic E-state index is -0.203. The Bertz CT molecular complexity index is 830. The highest BCUT2D eigenvalue weighted by Gasteiger charge is 2.13. The summed E-state index contributed by atoms with van der Waals surface area (Å²) in [5.74, 6) is 5.77. The van der Waals surface area contributed by atoms with Crippen molar-refractivity contribution in [2.75, 3.05) is 45.1 Å². The van der Waals surface area contributed by atoms with Crippen molar-refractivity contribution in [2.24, 2.45) is 7.05 Å². The van der Waals surface area contributed by atoms with Gasteiger partial charge in [-0.15, -0.1) is 0 Å². The number of nitrogens with one attached hydrogen (secondary N) is 1. The number of carbonyl (C=O) groups excluding carboxylic acids is 1. The number of rotatable bonds is 4. The molecule has 3 heterocycles. The van der Waals surface area contributed by atoms with Gasteiger partial charge in [-0.1, -0.05) is 5.92 Å². The molecule has 0 bridgehead atoms. The number of hydrogen-bond acceptors (Lipinski definition) is 6. The molecule has 1 amide bonds. The summed E-state index contributed by atoms with van der Waals surface area (Å²) >= 11 is 0. The second-order valence-electron chi connectivity index (χ2n) is 5.96. The molecule has 0 saturated carbocycles. The molecule has 0 aliphatic carbocycles. The van der Waals surface area contributed by atoms with E-state index in [1.54, 1.807) is 36.3 Å². The van der Waals surface area contributed by atoms with Crippen molar-refractivity contribution in [1.82, 2.24) is 25.0 Å². The van der Waals surface area contributed by atoms with E-state index in [9.17, 15) is 4.79 Å². The van der Waals surface area contributed by atoms with Crippen molar-refractivity contribution < 1.29 is 9.53 Å². The Kier molecular flexibility index (Phi) is 5.84. The summed E-state index contributed by atoms with van der Waals surface area (Å²) in [6, 6.07) is 3.42. The predicted octanol–water partition coefficient (Wildman–Crippen LogP) is -0.141.